The fourth-order valence-corrected chi connectivity index (χ4v) is 2.37. The molecular formula is C13H23NO. The van der Waals surface area contributed by atoms with Gasteiger partial charge in [0, 0.05) is 5.01 Å². The molecule has 1 fully saturated rings. The monoisotopic (exact) mass is 209 g/mol. The summed E-state index contributed by atoms with van der Waals surface area (Å²) in [5, 5.41) is 13.0. The normalized spacial score (nSPS) is 21.9. The molecule has 1 aliphatic rings. The van der Waals surface area contributed by atoms with Gasteiger partial charge in [0.2, 0.25) is 0 Å². The third kappa shape index (κ3) is 6.38. The maximum absolute atomic E-state index is 10.2. The predicted molar refractivity (Wildman–Crippen MR) is 64.9 cm³/mol. The molecule has 0 amide bonds. The van der Waals surface area contributed by atoms with Crippen LogP contribution in [0.25, 0.3) is 5.01 Å². The maximum atomic E-state index is 10.2. The van der Waals surface area contributed by atoms with Crippen LogP contribution in [0.1, 0.15) is 70.6 Å². The third-order valence-electron chi connectivity index (χ3n) is 3.34. The van der Waals surface area contributed by atoms with Gasteiger partial charge in [-0.1, -0.05) is 57.8 Å². The first kappa shape index (κ1) is 12.4. The highest BCUT2D eigenvalue weighted by Gasteiger charge is 2.11. The van der Waals surface area contributed by atoms with Crippen LogP contribution in [-0.4, -0.2) is 0 Å². The van der Waals surface area contributed by atoms with Crippen LogP contribution in [0.3, 0.4) is 0 Å². The molecular weight excluding hydrogens is 186 g/mol. The van der Waals surface area contributed by atoms with Gasteiger partial charge < -0.3 is 5.21 Å². The summed E-state index contributed by atoms with van der Waals surface area (Å²) in [6, 6.07) is 2.71. The second-order valence-electron chi connectivity index (χ2n) is 4.68. The van der Waals surface area contributed by atoms with Gasteiger partial charge in [-0.3, -0.25) is 0 Å². The fourth-order valence-electron chi connectivity index (χ4n) is 2.37. The quantitative estimate of drug-likeness (QED) is 0.529. The molecule has 0 spiro atoms. The molecule has 0 unspecified atom stereocenters. The summed E-state index contributed by atoms with van der Waals surface area (Å²) >= 11 is 0. The van der Waals surface area contributed by atoms with Gasteiger partial charge in [0.15, 0.2) is 0 Å². The molecule has 15 heavy (non-hydrogen) atoms. The molecule has 0 aromatic carbocycles. The smallest absolute Gasteiger partial charge is 0.301 e. The lowest BCUT2D eigenvalue weighted by Crippen LogP contribution is -1.98. The van der Waals surface area contributed by atoms with E-state index in [0.29, 0.717) is 5.92 Å². The van der Waals surface area contributed by atoms with Crippen molar-refractivity contribution in [2.45, 2.75) is 70.6 Å². The lowest BCUT2D eigenvalue weighted by Gasteiger charge is -2.08. The molecule has 86 valence electrons. The van der Waals surface area contributed by atoms with Crippen molar-refractivity contribution in [2.75, 3.05) is 0 Å². The molecule has 0 N–H and O–H groups in total. The summed E-state index contributed by atoms with van der Waals surface area (Å²) in [5.41, 5.74) is 0. The van der Waals surface area contributed by atoms with E-state index >= 15 is 0 Å². The topological polar surface area (TPSA) is 27.4 Å². The highest BCUT2D eigenvalue weighted by Crippen LogP contribution is 2.20. The minimum absolute atomic E-state index is 0.335. The Bertz CT molecular complexity index is 192. The molecule has 0 bridgehead atoms. The second kappa shape index (κ2) is 8.59. The lowest BCUT2D eigenvalue weighted by molar-refractivity contribution is 0.458. The second-order valence-corrected chi connectivity index (χ2v) is 4.68. The van der Waals surface area contributed by atoms with Gasteiger partial charge in [-0.05, 0) is 12.8 Å². The van der Waals surface area contributed by atoms with Crippen LogP contribution < -0.4 is 0 Å². The zero-order valence-corrected chi connectivity index (χ0v) is 9.71. The standard InChI is InChI=1S/C13H23NO/c15-14-12-13-10-8-6-4-2-1-3-5-7-9-11-13/h13H,1-11H2. The first-order chi connectivity index (χ1) is 7.43. The Hall–Kier alpha value is -0.710. The van der Waals surface area contributed by atoms with E-state index in [4.69, 9.17) is 0 Å². The van der Waals surface area contributed by atoms with Crippen molar-refractivity contribution in [3.05, 3.63) is 10.2 Å². The average Bonchev–Trinajstić information content (AvgIpc) is 2.22. The van der Waals surface area contributed by atoms with Crippen LogP contribution in [0.4, 0.5) is 0 Å². The van der Waals surface area contributed by atoms with Crippen molar-refractivity contribution >= 4 is 0 Å². The molecule has 1 rings (SSSR count). The number of hydrogen-bond donors (Lipinski definition) is 0. The minimum Gasteiger partial charge on any atom is -0.498 e. The van der Waals surface area contributed by atoms with Gasteiger partial charge in [0.1, 0.15) is 0 Å². The number of rotatable bonds is 0. The molecule has 0 aliphatic heterocycles. The van der Waals surface area contributed by atoms with Crippen molar-refractivity contribution in [2.24, 2.45) is 5.92 Å². The van der Waals surface area contributed by atoms with E-state index in [-0.39, 0.29) is 0 Å². The van der Waals surface area contributed by atoms with Gasteiger partial charge in [-0.2, -0.15) is 0 Å². The van der Waals surface area contributed by atoms with Crippen molar-refractivity contribution < 1.29 is 0 Å². The highest BCUT2D eigenvalue weighted by molar-refractivity contribution is 4.94. The largest absolute Gasteiger partial charge is 0.498 e. The van der Waals surface area contributed by atoms with Gasteiger partial charge in [-0.25, -0.2) is 0 Å². The Kier molecular flexibility index (Phi) is 7.08. The van der Waals surface area contributed by atoms with Gasteiger partial charge in [0.05, 0.1) is 5.92 Å². The van der Waals surface area contributed by atoms with Crippen LogP contribution in [0.5, 0.6) is 0 Å². The Morgan fingerprint density at radius 2 is 1.13 bits per heavy atom. The highest BCUT2D eigenvalue weighted by atomic mass is 16.4. The van der Waals surface area contributed by atoms with Gasteiger partial charge >= 0.3 is 6.07 Å². The zero-order valence-electron chi connectivity index (χ0n) is 9.71. The van der Waals surface area contributed by atoms with Gasteiger partial charge in [-0.15, -0.1) is 0 Å². The summed E-state index contributed by atoms with van der Waals surface area (Å²) in [5.74, 6) is 0.335. The van der Waals surface area contributed by atoms with E-state index in [9.17, 15) is 5.21 Å². The summed E-state index contributed by atoms with van der Waals surface area (Å²) in [7, 11) is 0. The zero-order chi connectivity index (χ0) is 10.8. The van der Waals surface area contributed by atoms with E-state index in [1.807, 2.05) is 0 Å². The van der Waals surface area contributed by atoms with Crippen LogP contribution in [0, 0.1) is 17.2 Å². The van der Waals surface area contributed by atoms with Gasteiger partial charge in [0.25, 0.3) is 0 Å². The van der Waals surface area contributed by atoms with E-state index < -0.39 is 0 Å². The molecule has 2 heteroatoms. The van der Waals surface area contributed by atoms with E-state index in [2.05, 4.69) is 11.1 Å². The molecule has 2 nitrogen and oxygen atoms in total. The van der Waals surface area contributed by atoms with E-state index in [1.54, 1.807) is 0 Å². The van der Waals surface area contributed by atoms with E-state index in [1.165, 1.54) is 57.8 Å². The van der Waals surface area contributed by atoms with Crippen molar-refractivity contribution in [1.82, 2.24) is 0 Å². The Morgan fingerprint density at radius 3 is 1.53 bits per heavy atom. The number of hydrogen-bond acceptors (Lipinski definition) is 1. The third-order valence-corrected chi connectivity index (χ3v) is 3.34. The first-order valence-electron chi connectivity index (χ1n) is 6.51. The van der Waals surface area contributed by atoms with Crippen LogP contribution in [0.2, 0.25) is 0 Å². The van der Waals surface area contributed by atoms with Crippen molar-refractivity contribution in [3.8, 4) is 6.07 Å². The fraction of sp³-hybridized carbons (Fsp3) is 0.923. The van der Waals surface area contributed by atoms with E-state index in [0.717, 1.165) is 12.8 Å². The molecule has 1 aliphatic carbocycles. The summed E-state index contributed by atoms with van der Waals surface area (Å²) in [6.07, 6.45) is 14.3. The molecule has 1 saturated carbocycles. The summed E-state index contributed by atoms with van der Waals surface area (Å²) in [4.78, 5) is 0. The number of nitrogens with zero attached hydrogens (tertiary/aromatic N) is 1. The van der Waals surface area contributed by atoms with Crippen LogP contribution >= 0.6 is 0 Å². The average molecular weight is 209 g/mol. The molecule has 0 atom stereocenters. The summed E-state index contributed by atoms with van der Waals surface area (Å²) < 4.78 is 0. The van der Waals surface area contributed by atoms with Crippen LogP contribution in [0.15, 0.2) is 0 Å². The van der Waals surface area contributed by atoms with Crippen molar-refractivity contribution in [1.29, 1.82) is 0 Å². The molecule has 0 aromatic heterocycles. The molecule has 0 aromatic rings. The predicted octanol–water partition coefficient (Wildman–Crippen LogP) is 4.74. The SMILES string of the molecule is [O-][N+]#CC1CCCCCCCCCCC1. The van der Waals surface area contributed by atoms with Crippen molar-refractivity contribution in [3.63, 3.8) is 0 Å². The molecule has 0 heterocycles. The maximum Gasteiger partial charge on any atom is 0.301 e. The minimum atomic E-state index is 0.335. The Morgan fingerprint density at radius 1 is 0.733 bits per heavy atom. The summed E-state index contributed by atoms with van der Waals surface area (Å²) in [6.45, 7) is 0. The van der Waals surface area contributed by atoms with Crippen LogP contribution in [-0.2, 0) is 0 Å². The first-order valence-corrected chi connectivity index (χ1v) is 6.51. The Labute approximate surface area is 93.5 Å². The molecule has 0 saturated heterocycles. The Balaban J connectivity index is 2.27. The molecule has 0 radical (unpaired) electrons. The lowest BCUT2D eigenvalue weighted by atomic mass is 9.94.